The number of ether oxygens (including phenoxy) is 3. The van der Waals surface area contributed by atoms with Gasteiger partial charge in [0.15, 0.2) is 11.4 Å². The van der Waals surface area contributed by atoms with Crippen molar-refractivity contribution in [2.24, 2.45) is 0 Å². The quantitative estimate of drug-likeness (QED) is 0.392. The van der Waals surface area contributed by atoms with E-state index in [2.05, 4.69) is 0 Å². The molecular formula is C28H24O5. The van der Waals surface area contributed by atoms with Gasteiger partial charge in [0.05, 0.1) is 7.11 Å². The highest BCUT2D eigenvalue weighted by Gasteiger charge is 2.46. The Kier molecular flexibility index (Phi) is 6.81. The molecule has 33 heavy (non-hydrogen) atoms. The Morgan fingerprint density at radius 2 is 1.55 bits per heavy atom. The molecule has 0 saturated heterocycles. The van der Waals surface area contributed by atoms with Gasteiger partial charge in [-0.05, 0) is 47.4 Å². The highest BCUT2D eigenvalue weighted by atomic mass is 16.7. The molecule has 1 aliphatic rings. The van der Waals surface area contributed by atoms with Crippen LogP contribution >= 0.6 is 0 Å². The van der Waals surface area contributed by atoms with E-state index in [0.717, 1.165) is 11.3 Å². The molecule has 0 bridgehead atoms. The number of hydrogen-bond donors (Lipinski definition) is 0. The summed E-state index contributed by atoms with van der Waals surface area (Å²) in [6.45, 7) is 0. The number of hydrogen-bond acceptors (Lipinski definition) is 5. The predicted octanol–water partition coefficient (Wildman–Crippen LogP) is 4.76. The van der Waals surface area contributed by atoms with Crippen LogP contribution in [0.2, 0.25) is 0 Å². The van der Waals surface area contributed by atoms with E-state index in [1.165, 1.54) is 18.2 Å². The first kappa shape index (κ1) is 22.2. The average Bonchev–Trinajstić information content (AvgIpc) is 2.87. The zero-order chi connectivity index (χ0) is 23.1. The standard InChI is InChI=1S/C28H24O5/c1-31-24-17-15-21(16-18-24)9-8-14-26(30)32-27-20-19-25(29)28(33-27,22-10-4-2-5-11-22)23-12-6-3-7-13-23/h2-8,10-20,27H,9H2,1H3/b14-8+/t27-/m1/s1. The molecule has 5 heteroatoms. The largest absolute Gasteiger partial charge is 0.497 e. The van der Waals surface area contributed by atoms with Crippen LogP contribution < -0.4 is 4.74 Å². The fraction of sp³-hybridized carbons (Fsp3) is 0.143. The van der Waals surface area contributed by atoms with Gasteiger partial charge in [0.25, 0.3) is 0 Å². The van der Waals surface area contributed by atoms with Gasteiger partial charge in [0.1, 0.15) is 5.75 Å². The summed E-state index contributed by atoms with van der Waals surface area (Å²) < 4.78 is 16.8. The molecule has 0 spiro atoms. The second-order valence-corrected chi connectivity index (χ2v) is 7.51. The van der Waals surface area contributed by atoms with Crippen molar-refractivity contribution in [2.75, 3.05) is 7.11 Å². The Morgan fingerprint density at radius 1 is 0.939 bits per heavy atom. The van der Waals surface area contributed by atoms with Gasteiger partial charge in [0.2, 0.25) is 6.29 Å². The number of allylic oxidation sites excluding steroid dienone is 1. The summed E-state index contributed by atoms with van der Waals surface area (Å²) in [6.07, 6.45) is 5.52. The van der Waals surface area contributed by atoms with Gasteiger partial charge < -0.3 is 14.2 Å². The summed E-state index contributed by atoms with van der Waals surface area (Å²) in [5.74, 6) is -0.0111. The molecule has 0 aromatic heterocycles. The number of ketones is 1. The first-order valence-corrected chi connectivity index (χ1v) is 10.6. The van der Waals surface area contributed by atoms with Gasteiger partial charge in [0, 0.05) is 6.08 Å². The summed E-state index contributed by atoms with van der Waals surface area (Å²) >= 11 is 0. The van der Waals surface area contributed by atoms with Crippen LogP contribution in [0.3, 0.4) is 0 Å². The van der Waals surface area contributed by atoms with Crippen molar-refractivity contribution < 1.29 is 23.8 Å². The maximum Gasteiger partial charge on any atom is 0.332 e. The highest BCUT2D eigenvalue weighted by Crippen LogP contribution is 2.39. The van der Waals surface area contributed by atoms with Crippen molar-refractivity contribution >= 4 is 11.8 Å². The highest BCUT2D eigenvalue weighted by molar-refractivity contribution is 6.01. The number of carbonyl (C=O) groups excluding carboxylic acids is 2. The molecule has 0 radical (unpaired) electrons. The zero-order valence-electron chi connectivity index (χ0n) is 18.2. The third-order valence-corrected chi connectivity index (χ3v) is 5.40. The molecule has 0 unspecified atom stereocenters. The molecule has 5 nitrogen and oxygen atoms in total. The summed E-state index contributed by atoms with van der Waals surface area (Å²) in [4.78, 5) is 25.6. The molecule has 3 aromatic carbocycles. The van der Waals surface area contributed by atoms with Crippen LogP contribution in [0.5, 0.6) is 5.75 Å². The first-order valence-electron chi connectivity index (χ1n) is 10.6. The van der Waals surface area contributed by atoms with Crippen LogP contribution in [-0.2, 0) is 31.1 Å². The van der Waals surface area contributed by atoms with E-state index in [1.54, 1.807) is 13.2 Å². The fourth-order valence-corrected chi connectivity index (χ4v) is 3.76. The maximum absolute atomic E-state index is 13.1. The summed E-state index contributed by atoms with van der Waals surface area (Å²) in [7, 11) is 1.62. The minimum absolute atomic E-state index is 0.234. The summed E-state index contributed by atoms with van der Waals surface area (Å²) in [5.41, 5.74) is 0.976. The minimum Gasteiger partial charge on any atom is -0.497 e. The minimum atomic E-state index is -1.39. The van der Waals surface area contributed by atoms with Crippen LogP contribution in [0.1, 0.15) is 16.7 Å². The van der Waals surface area contributed by atoms with Crippen LogP contribution in [0.4, 0.5) is 0 Å². The summed E-state index contributed by atoms with van der Waals surface area (Å²) in [5, 5.41) is 0. The summed E-state index contributed by atoms with van der Waals surface area (Å²) in [6, 6.07) is 26.0. The lowest BCUT2D eigenvalue weighted by Crippen LogP contribution is -2.45. The van der Waals surface area contributed by atoms with Crippen molar-refractivity contribution in [1.29, 1.82) is 0 Å². The smallest absolute Gasteiger partial charge is 0.332 e. The molecule has 0 fully saturated rings. The van der Waals surface area contributed by atoms with E-state index >= 15 is 0 Å². The van der Waals surface area contributed by atoms with E-state index in [1.807, 2.05) is 84.9 Å². The molecule has 1 heterocycles. The van der Waals surface area contributed by atoms with Crippen LogP contribution in [-0.4, -0.2) is 25.2 Å². The zero-order valence-corrected chi connectivity index (χ0v) is 18.2. The number of benzene rings is 3. The van der Waals surface area contributed by atoms with Gasteiger partial charge in [-0.2, -0.15) is 0 Å². The maximum atomic E-state index is 13.1. The second kappa shape index (κ2) is 10.1. The van der Waals surface area contributed by atoms with Crippen LogP contribution in [0.15, 0.2) is 109 Å². The Hall–Kier alpha value is -3.96. The van der Waals surface area contributed by atoms with Crippen molar-refractivity contribution in [3.05, 3.63) is 126 Å². The molecule has 0 aliphatic carbocycles. The number of methoxy groups -OCH3 is 1. The Morgan fingerprint density at radius 3 is 2.12 bits per heavy atom. The topological polar surface area (TPSA) is 61.8 Å². The normalized spacial score (nSPS) is 17.1. The van der Waals surface area contributed by atoms with E-state index in [4.69, 9.17) is 14.2 Å². The molecule has 0 saturated carbocycles. The Balaban J connectivity index is 1.50. The van der Waals surface area contributed by atoms with E-state index in [0.29, 0.717) is 17.5 Å². The number of carbonyl (C=O) groups is 2. The Labute approximate surface area is 192 Å². The lowest BCUT2D eigenvalue weighted by molar-refractivity contribution is -0.192. The van der Waals surface area contributed by atoms with Gasteiger partial charge >= 0.3 is 5.97 Å². The van der Waals surface area contributed by atoms with Crippen molar-refractivity contribution in [1.82, 2.24) is 0 Å². The van der Waals surface area contributed by atoms with Gasteiger partial charge in [-0.1, -0.05) is 78.9 Å². The van der Waals surface area contributed by atoms with E-state index in [9.17, 15) is 9.59 Å². The Bertz CT molecular complexity index is 1110. The molecule has 0 N–H and O–H groups in total. The third-order valence-electron chi connectivity index (χ3n) is 5.40. The van der Waals surface area contributed by atoms with Crippen molar-refractivity contribution in [3.63, 3.8) is 0 Å². The average molecular weight is 440 g/mol. The van der Waals surface area contributed by atoms with Crippen LogP contribution in [0, 0.1) is 0 Å². The third kappa shape index (κ3) is 4.94. The fourth-order valence-electron chi connectivity index (χ4n) is 3.76. The SMILES string of the molecule is COc1ccc(C/C=C/C(=O)O[C@H]2C=CC(=O)C(c3ccccc3)(c3ccccc3)O2)cc1. The predicted molar refractivity (Wildman–Crippen MR) is 125 cm³/mol. The van der Waals surface area contributed by atoms with Gasteiger partial charge in [-0.3, -0.25) is 4.79 Å². The van der Waals surface area contributed by atoms with Crippen LogP contribution in [0.25, 0.3) is 0 Å². The molecular weight excluding hydrogens is 416 g/mol. The van der Waals surface area contributed by atoms with E-state index in [-0.39, 0.29) is 5.78 Å². The lowest BCUT2D eigenvalue weighted by atomic mass is 9.81. The van der Waals surface area contributed by atoms with Gasteiger partial charge in [-0.25, -0.2) is 4.79 Å². The van der Waals surface area contributed by atoms with Gasteiger partial charge in [-0.15, -0.1) is 0 Å². The number of esters is 1. The molecule has 4 rings (SSSR count). The lowest BCUT2D eigenvalue weighted by Gasteiger charge is -2.37. The molecule has 166 valence electrons. The monoisotopic (exact) mass is 440 g/mol. The molecule has 0 amide bonds. The molecule has 1 atom stereocenters. The van der Waals surface area contributed by atoms with E-state index < -0.39 is 17.9 Å². The van der Waals surface area contributed by atoms with Crippen molar-refractivity contribution in [3.8, 4) is 5.75 Å². The second-order valence-electron chi connectivity index (χ2n) is 7.51. The number of rotatable bonds is 7. The molecule has 3 aromatic rings. The van der Waals surface area contributed by atoms with Crippen molar-refractivity contribution in [2.45, 2.75) is 18.3 Å². The first-order chi connectivity index (χ1) is 16.1. The molecule has 1 aliphatic heterocycles.